The number of benzene rings is 2. The van der Waals surface area contributed by atoms with Gasteiger partial charge in [0, 0.05) is 0 Å². The minimum absolute atomic E-state index is 0.288. The van der Waals surface area contributed by atoms with Gasteiger partial charge in [-0.05, 0) is 41.0 Å². The van der Waals surface area contributed by atoms with Crippen LogP contribution in [0.15, 0.2) is 36.4 Å². The molecule has 2 aromatic rings. The average molecular weight is 230 g/mol. The zero-order chi connectivity index (χ0) is 12.3. The SMILES string of the molecule is CCC(C)COc1ccc2ccc(O)cc2c1. The second kappa shape index (κ2) is 5.09. The predicted octanol–water partition coefficient (Wildman–Crippen LogP) is 3.97. The number of fused-ring (bicyclic) bond motifs is 1. The first-order valence-electron chi connectivity index (χ1n) is 6.04. The summed E-state index contributed by atoms with van der Waals surface area (Å²) in [6.45, 7) is 5.07. The van der Waals surface area contributed by atoms with Crippen molar-refractivity contribution in [3.63, 3.8) is 0 Å². The van der Waals surface area contributed by atoms with E-state index < -0.39 is 0 Å². The van der Waals surface area contributed by atoms with Crippen molar-refractivity contribution in [1.29, 1.82) is 0 Å². The molecule has 2 heteroatoms. The van der Waals surface area contributed by atoms with Crippen molar-refractivity contribution in [3.8, 4) is 11.5 Å². The Labute approximate surface area is 102 Å². The zero-order valence-electron chi connectivity index (χ0n) is 10.3. The molecule has 1 atom stereocenters. The van der Waals surface area contributed by atoms with E-state index in [1.54, 1.807) is 12.1 Å². The molecule has 0 saturated heterocycles. The lowest BCUT2D eigenvalue weighted by atomic mass is 10.1. The van der Waals surface area contributed by atoms with E-state index in [-0.39, 0.29) is 5.75 Å². The van der Waals surface area contributed by atoms with Gasteiger partial charge in [0.1, 0.15) is 11.5 Å². The highest BCUT2D eigenvalue weighted by Gasteiger charge is 2.02. The Kier molecular flexibility index (Phi) is 3.52. The van der Waals surface area contributed by atoms with Gasteiger partial charge >= 0.3 is 0 Å². The molecular formula is C15H18O2. The van der Waals surface area contributed by atoms with Crippen molar-refractivity contribution < 1.29 is 9.84 Å². The van der Waals surface area contributed by atoms with Gasteiger partial charge in [-0.15, -0.1) is 0 Å². The van der Waals surface area contributed by atoms with Gasteiger partial charge in [-0.25, -0.2) is 0 Å². The molecular weight excluding hydrogens is 212 g/mol. The second-order valence-corrected chi connectivity index (χ2v) is 4.52. The minimum Gasteiger partial charge on any atom is -0.508 e. The van der Waals surface area contributed by atoms with Crippen LogP contribution in [0, 0.1) is 5.92 Å². The first kappa shape index (κ1) is 11.8. The van der Waals surface area contributed by atoms with E-state index >= 15 is 0 Å². The number of hydrogen-bond acceptors (Lipinski definition) is 2. The molecule has 0 fully saturated rings. The first-order valence-corrected chi connectivity index (χ1v) is 6.04. The standard InChI is InChI=1S/C15H18O2/c1-3-11(2)10-17-15-7-5-12-4-6-14(16)8-13(12)9-15/h4-9,11,16H,3,10H2,1-2H3. The third kappa shape index (κ3) is 2.90. The van der Waals surface area contributed by atoms with Gasteiger partial charge in [-0.2, -0.15) is 0 Å². The van der Waals surface area contributed by atoms with E-state index in [2.05, 4.69) is 13.8 Å². The van der Waals surface area contributed by atoms with Crippen LogP contribution in [0.5, 0.6) is 11.5 Å². The van der Waals surface area contributed by atoms with Crippen molar-refractivity contribution in [1.82, 2.24) is 0 Å². The third-order valence-corrected chi connectivity index (χ3v) is 3.03. The summed E-state index contributed by atoms with van der Waals surface area (Å²) in [6.07, 6.45) is 1.12. The molecule has 0 saturated carbocycles. The van der Waals surface area contributed by atoms with Crippen LogP contribution in [-0.2, 0) is 0 Å². The first-order chi connectivity index (χ1) is 8.19. The lowest BCUT2D eigenvalue weighted by Gasteiger charge is -2.11. The van der Waals surface area contributed by atoms with Crippen molar-refractivity contribution in [2.24, 2.45) is 5.92 Å². The molecule has 0 aliphatic carbocycles. The van der Waals surface area contributed by atoms with Gasteiger partial charge in [0.05, 0.1) is 6.61 Å². The lowest BCUT2D eigenvalue weighted by Crippen LogP contribution is -2.06. The average Bonchev–Trinajstić information content (AvgIpc) is 2.35. The van der Waals surface area contributed by atoms with Crippen molar-refractivity contribution in [3.05, 3.63) is 36.4 Å². The van der Waals surface area contributed by atoms with Gasteiger partial charge in [-0.3, -0.25) is 0 Å². The number of aromatic hydroxyl groups is 1. The third-order valence-electron chi connectivity index (χ3n) is 3.03. The predicted molar refractivity (Wildman–Crippen MR) is 70.6 cm³/mol. The summed E-state index contributed by atoms with van der Waals surface area (Å²) in [5.74, 6) is 1.72. The molecule has 2 nitrogen and oxygen atoms in total. The van der Waals surface area contributed by atoms with Crippen molar-refractivity contribution in [2.75, 3.05) is 6.61 Å². The Morgan fingerprint density at radius 2 is 1.88 bits per heavy atom. The van der Waals surface area contributed by atoms with Gasteiger partial charge in [0.15, 0.2) is 0 Å². The second-order valence-electron chi connectivity index (χ2n) is 4.52. The fourth-order valence-electron chi connectivity index (χ4n) is 1.66. The van der Waals surface area contributed by atoms with E-state index in [0.29, 0.717) is 5.92 Å². The fraction of sp³-hybridized carbons (Fsp3) is 0.333. The van der Waals surface area contributed by atoms with Crippen LogP contribution in [-0.4, -0.2) is 11.7 Å². The number of rotatable bonds is 4. The molecule has 1 unspecified atom stereocenters. The van der Waals surface area contributed by atoms with Gasteiger partial charge in [0.2, 0.25) is 0 Å². The molecule has 1 N–H and O–H groups in total. The molecule has 0 aliphatic rings. The minimum atomic E-state index is 0.288. The molecule has 0 amide bonds. The summed E-state index contributed by atoms with van der Waals surface area (Å²) < 4.78 is 5.73. The van der Waals surface area contributed by atoms with Crippen LogP contribution < -0.4 is 4.74 Å². The Balaban J connectivity index is 2.19. The highest BCUT2D eigenvalue weighted by atomic mass is 16.5. The number of phenols is 1. The van der Waals surface area contributed by atoms with E-state index in [0.717, 1.165) is 29.5 Å². The maximum atomic E-state index is 9.44. The van der Waals surface area contributed by atoms with Gasteiger partial charge in [-0.1, -0.05) is 32.4 Å². The highest BCUT2D eigenvalue weighted by Crippen LogP contribution is 2.24. The molecule has 0 spiro atoms. The Bertz CT molecular complexity index is 505. The van der Waals surface area contributed by atoms with E-state index in [9.17, 15) is 5.11 Å². The zero-order valence-corrected chi connectivity index (χ0v) is 10.3. The van der Waals surface area contributed by atoms with Crippen LogP contribution in [0.3, 0.4) is 0 Å². The molecule has 0 radical (unpaired) electrons. The monoisotopic (exact) mass is 230 g/mol. The Morgan fingerprint density at radius 3 is 2.65 bits per heavy atom. The topological polar surface area (TPSA) is 29.5 Å². The van der Waals surface area contributed by atoms with Crippen LogP contribution in [0.2, 0.25) is 0 Å². The van der Waals surface area contributed by atoms with Crippen LogP contribution in [0.25, 0.3) is 10.8 Å². The van der Waals surface area contributed by atoms with Gasteiger partial charge < -0.3 is 9.84 Å². The molecule has 17 heavy (non-hydrogen) atoms. The maximum Gasteiger partial charge on any atom is 0.119 e. The normalized spacial score (nSPS) is 12.6. The summed E-state index contributed by atoms with van der Waals surface area (Å²) in [6, 6.07) is 11.3. The van der Waals surface area contributed by atoms with E-state index in [1.807, 2.05) is 24.3 Å². The van der Waals surface area contributed by atoms with E-state index in [4.69, 9.17) is 4.74 Å². The summed E-state index contributed by atoms with van der Waals surface area (Å²) in [5.41, 5.74) is 0. The van der Waals surface area contributed by atoms with Crippen LogP contribution >= 0.6 is 0 Å². The number of ether oxygens (including phenoxy) is 1. The largest absolute Gasteiger partial charge is 0.508 e. The molecule has 0 bridgehead atoms. The molecule has 2 aromatic carbocycles. The molecule has 0 heterocycles. The van der Waals surface area contributed by atoms with E-state index in [1.165, 1.54) is 0 Å². The summed E-state index contributed by atoms with van der Waals surface area (Å²) in [4.78, 5) is 0. The molecule has 0 aliphatic heterocycles. The molecule has 0 aromatic heterocycles. The number of hydrogen-bond donors (Lipinski definition) is 1. The van der Waals surface area contributed by atoms with Crippen molar-refractivity contribution >= 4 is 10.8 Å². The smallest absolute Gasteiger partial charge is 0.119 e. The molecule has 2 rings (SSSR count). The van der Waals surface area contributed by atoms with Crippen LogP contribution in [0.1, 0.15) is 20.3 Å². The Morgan fingerprint density at radius 1 is 1.12 bits per heavy atom. The summed E-state index contributed by atoms with van der Waals surface area (Å²) in [7, 11) is 0. The molecule has 90 valence electrons. The highest BCUT2D eigenvalue weighted by molar-refractivity contribution is 5.85. The Hall–Kier alpha value is -1.70. The quantitative estimate of drug-likeness (QED) is 0.861. The van der Waals surface area contributed by atoms with Gasteiger partial charge in [0.25, 0.3) is 0 Å². The number of phenolic OH excluding ortho intramolecular Hbond substituents is 1. The maximum absolute atomic E-state index is 9.44. The summed E-state index contributed by atoms with van der Waals surface area (Å²) >= 11 is 0. The lowest BCUT2D eigenvalue weighted by molar-refractivity contribution is 0.257. The summed E-state index contributed by atoms with van der Waals surface area (Å²) in [5, 5.41) is 11.6. The van der Waals surface area contributed by atoms with Crippen LogP contribution in [0.4, 0.5) is 0 Å². The fourth-order valence-corrected chi connectivity index (χ4v) is 1.66. The van der Waals surface area contributed by atoms with Crippen molar-refractivity contribution in [2.45, 2.75) is 20.3 Å².